The average molecular weight is 518 g/mol. The molecule has 0 aliphatic rings. The van der Waals surface area contributed by atoms with Gasteiger partial charge in [0.05, 0.1) is 17.2 Å². The summed E-state index contributed by atoms with van der Waals surface area (Å²) in [7, 11) is -4.54. The summed E-state index contributed by atoms with van der Waals surface area (Å²) in [5, 5.41) is 11.8. The number of carbonyl (C=O) groups is 1. The van der Waals surface area contributed by atoms with Gasteiger partial charge in [0.15, 0.2) is 0 Å². The van der Waals surface area contributed by atoms with Gasteiger partial charge in [0.1, 0.15) is 10.6 Å². The third kappa shape index (κ3) is 6.76. The van der Waals surface area contributed by atoms with Crippen LogP contribution in [-0.2, 0) is 22.8 Å². The molecule has 3 aromatic carbocycles. The van der Waals surface area contributed by atoms with Crippen molar-refractivity contribution in [2.75, 3.05) is 5.32 Å². The van der Waals surface area contributed by atoms with E-state index in [1.54, 1.807) is 38.1 Å². The number of halogens is 3. The maximum Gasteiger partial charge on any atom is 0.416 e. The Bertz CT molecular complexity index is 1400. The number of amides is 2. The fraction of sp³-hybridized carbons (Fsp3) is 0.200. The summed E-state index contributed by atoms with van der Waals surface area (Å²) in [4.78, 5) is 13.7. The summed E-state index contributed by atoms with van der Waals surface area (Å²) in [5.41, 5.74) is 0.242. The molecule has 0 saturated carbocycles. The first-order valence-electron chi connectivity index (χ1n) is 10.7. The average Bonchev–Trinajstić information content (AvgIpc) is 2.82. The number of hydrogen-bond donors (Lipinski definition) is 1. The predicted octanol–water partition coefficient (Wildman–Crippen LogP) is 5.79. The SMILES string of the molecule is CC(C)N(Cc1cccc(OS(=O)(=O)c2cccc(C(F)(F)F)c2)c1)C(=O)Nc1cccc(C#N)c1. The zero-order valence-corrected chi connectivity index (χ0v) is 20.1. The van der Waals surface area contributed by atoms with Gasteiger partial charge in [-0.1, -0.05) is 24.3 Å². The highest BCUT2D eigenvalue weighted by molar-refractivity contribution is 7.87. The number of nitriles is 1. The molecule has 3 aromatic rings. The molecule has 0 bridgehead atoms. The Morgan fingerprint density at radius 2 is 1.75 bits per heavy atom. The highest BCUT2D eigenvalue weighted by atomic mass is 32.2. The van der Waals surface area contributed by atoms with Crippen LogP contribution in [0.5, 0.6) is 5.75 Å². The van der Waals surface area contributed by atoms with Crippen molar-refractivity contribution in [2.45, 2.75) is 37.5 Å². The molecule has 0 saturated heterocycles. The molecule has 7 nitrogen and oxygen atoms in total. The highest BCUT2D eigenvalue weighted by Crippen LogP contribution is 2.31. The van der Waals surface area contributed by atoms with E-state index in [2.05, 4.69) is 5.32 Å². The zero-order chi connectivity index (χ0) is 26.5. The van der Waals surface area contributed by atoms with Crippen LogP contribution in [0.25, 0.3) is 0 Å². The third-order valence-corrected chi connectivity index (χ3v) is 6.28. The standard InChI is InChI=1S/C25H22F3N3O4S/c1-17(2)31(24(32)30-21-9-3-6-18(12-21)15-29)16-19-7-4-10-22(13-19)35-36(33,34)23-11-5-8-20(14-23)25(26,27)28/h3-14,17H,16H2,1-2H3,(H,30,32). The van der Waals surface area contributed by atoms with Gasteiger partial charge >= 0.3 is 22.3 Å². The molecule has 3 rings (SSSR count). The number of rotatable bonds is 7. The second kappa shape index (κ2) is 10.7. The van der Waals surface area contributed by atoms with E-state index in [1.807, 2.05) is 6.07 Å². The van der Waals surface area contributed by atoms with Crippen LogP contribution in [0.1, 0.15) is 30.5 Å². The monoisotopic (exact) mass is 517 g/mol. The minimum absolute atomic E-state index is 0.0856. The van der Waals surface area contributed by atoms with Crippen LogP contribution in [0.15, 0.2) is 77.7 Å². The number of urea groups is 1. The van der Waals surface area contributed by atoms with Gasteiger partial charge in [-0.3, -0.25) is 0 Å². The maximum absolute atomic E-state index is 13.0. The molecule has 0 heterocycles. The summed E-state index contributed by atoms with van der Waals surface area (Å²) in [6.07, 6.45) is -4.71. The van der Waals surface area contributed by atoms with Gasteiger partial charge < -0.3 is 14.4 Å². The number of carbonyl (C=O) groups excluding carboxylic acids is 1. The first-order chi connectivity index (χ1) is 16.9. The summed E-state index contributed by atoms with van der Waals surface area (Å²) in [5.74, 6) is -0.115. The van der Waals surface area contributed by atoms with Crippen molar-refractivity contribution in [3.63, 3.8) is 0 Å². The minimum Gasteiger partial charge on any atom is -0.379 e. The largest absolute Gasteiger partial charge is 0.416 e. The molecule has 11 heteroatoms. The van der Waals surface area contributed by atoms with E-state index >= 15 is 0 Å². The van der Waals surface area contributed by atoms with Crippen LogP contribution in [0.4, 0.5) is 23.7 Å². The molecule has 1 N–H and O–H groups in total. The van der Waals surface area contributed by atoms with Crippen LogP contribution < -0.4 is 9.50 Å². The zero-order valence-electron chi connectivity index (χ0n) is 19.3. The van der Waals surface area contributed by atoms with Crippen LogP contribution in [-0.4, -0.2) is 25.4 Å². The molecule has 0 aromatic heterocycles. The second-order valence-electron chi connectivity index (χ2n) is 8.05. The van der Waals surface area contributed by atoms with E-state index in [1.165, 1.54) is 29.2 Å². The van der Waals surface area contributed by atoms with Gasteiger partial charge in [0.25, 0.3) is 0 Å². The van der Waals surface area contributed by atoms with E-state index < -0.39 is 32.8 Å². The topological polar surface area (TPSA) is 99.5 Å². The number of benzene rings is 3. The van der Waals surface area contributed by atoms with Gasteiger partial charge in [-0.15, -0.1) is 0 Å². The Morgan fingerprint density at radius 1 is 1.06 bits per heavy atom. The van der Waals surface area contributed by atoms with E-state index in [-0.39, 0.29) is 18.3 Å². The number of alkyl halides is 3. The lowest BCUT2D eigenvalue weighted by molar-refractivity contribution is -0.137. The second-order valence-corrected chi connectivity index (χ2v) is 9.60. The molecule has 0 aliphatic heterocycles. The summed E-state index contributed by atoms with van der Waals surface area (Å²) >= 11 is 0. The number of nitrogens with one attached hydrogen (secondary N) is 1. The first-order valence-corrected chi connectivity index (χ1v) is 12.1. The highest BCUT2D eigenvalue weighted by Gasteiger charge is 2.32. The Morgan fingerprint density at radius 3 is 2.42 bits per heavy atom. The van der Waals surface area contributed by atoms with Crippen LogP contribution >= 0.6 is 0 Å². The van der Waals surface area contributed by atoms with Gasteiger partial charge in [-0.2, -0.15) is 26.9 Å². The van der Waals surface area contributed by atoms with Gasteiger partial charge in [0, 0.05) is 18.3 Å². The van der Waals surface area contributed by atoms with Crippen LogP contribution in [0.3, 0.4) is 0 Å². The molecule has 2 amide bonds. The van der Waals surface area contributed by atoms with E-state index in [0.29, 0.717) is 22.9 Å². The number of hydrogen-bond acceptors (Lipinski definition) is 5. The minimum atomic E-state index is -4.71. The molecule has 0 atom stereocenters. The maximum atomic E-state index is 13.0. The fourth-order valence-electron chi connectivity index (χ4n) is 3.25. The van der Waals surface area contributed by atoms with Crippen LogP contribution in [0.2, 0.25) is 0 Å². The van der Waals surface area contributed by atoms with Crippen LogP contribution in [0, 0.1) is 11.3 Å². The van der Waals surface area contributed by atoms with Gasteiger partial charge in [0.2, 0.25) is 0 Å². The Kier molecular flexibility index (Phi) is 7.90. The lowest BCUT2D eigenvalue weighted by atomic mass is 10.2. The lowest BCUT2D eigenvalue weighted by Crippen LogP contribution is -2.39. The smallest absolute Gasteiger partial charge is 0.379 e. The molecule has 0 fully saturated rings. The predicted molar refractivity (Wildman–Crippen MR) is 127 cm³/mol. The van der Waals surface area contributed by atoms with Crippen molar-refractivity contribution in [3.05, 3.63) is 89.5 Å². The molecule has 188 valence electrons. The van der Waals surface area contributed by atoms with Gasteiger partial charge in [-0.25, -0.2) is 4.79 Å². The summed E-state index contributed by atoms with van der Waals surface area (Å²) < 4.78 is 69.2. The third-order valence-electron chi connectivity index (χ3n) is 5.03. The number of nitrogens with zero attached hydrogens (tertiary/aromatic N) is 2. The molecule has 36 heavy (non-hydrogen) atoms. The summed E-state index contributed by atoms with van der Waals surface area (Å²) in [6.45, 7) is 3.68. The normalized spacial score (nSPS) is 11.6. The van der Waals surface area contributed by atoms with Crippen molar-refractivity contribution in [2.24, 2.45) is 0 Å². The quantitative estimate of drug-likeness (QED) is 0.400. The molecular formula is C25H22F3N3O4S. The fourth-order valence-corrected chi connectivity index (χ4v) is 4.22. The first kappa shape index (κ1) is 26.6. The number of anilines is 1. The molecule has 0 aliphatic carbocycles. The van der Waals surface area contributed by atoms with Gasteiger partial charge in [-0.05, 0) is 67.9 Å². The van der Waals surface area contributed by atoms with Crippen molar-refractivity contribution in [1.82, 2.24) is 4.90 Å². The van der Waals surface area contributed by atoms with Crippen molar-refractivity contribution < 1.29 is 30.6 Å². The van der Waals surface area contributed by atoms with Crippen molar-refractivity contribution in [1.29, 1.82) is 5.26 Å². The van der Waals surface area contributed by atoms with E-state index in [0.717, 1.165) is 18.2 Å². The molecule has 0 unspecified atom stereocenters. The van der Waals surface area contributed by atoms with E-state index in [4.69, 9.17) is 9.44 Å². The Labute approximate surface area is 206 Å². The lowest BCUT2D eigenvalue weighted by Gasteiger charge is -2.27. The molecule has 0 radical (unpaired) electrons. The van der Waals surface area contributed by atoms with Crippen molar-refractivity contribution in [3.8, 4) is 11.8 Å². The summed E-state index contributed by atoms with van der Waals surface area (Å²) in [6, 6.07) is 16.9. The van der Waals surface area contributed by atoms with Crippen molar-refractivity contribution >= 4 is 21.8 Å². The Hall–Kier alpha value is -4.04. The Balaban J connectivity index is 1.78. The molecular weight excluding hydrogens is 495 g/mol. The molecule has 0 spiro atoms. The van der Waals surface area contributed by atoms with E-state index in [9.17, 15) is 26.4 Å².